The maximum absolute atomic E-state index is 13.5. The first-order chi connectivity index (χ1) is 12.6. The minimum atomic E-state index is -0.298. The van der Waals surface area contributed by atoms with Gasteiger partial charge in [0.25, 0.3) is 0 Å². The van der Waals surface area contributed by atoms with E-state index in [4.69, 9.17) is 4.74 Å². The summed E-state index contributed by atoms with van der Waals surface area (Å²) in [4.78, 5) is 23.7. The Morgan fingerprint density at radius 2 is 1.77 bits per heavy atom. The molecule has 0 aliphatic rings. The van der Waals surface area contributed by atoms with E-state index >= 15 is 0 Å². The monoisotopic (exact) mass is 358 g/mol. The summed E-state index contributed by atoms with van der Waals surface area (Å²) in [6.07, 6.45) is 0.814. The van der Waals surface area contributed by atoms with E-state index in [1.807, 2.05) is 0 Å². The Balaban J connectivity index is 1.78. The molecule has 0 unspecified atom stereocenters. The third-order valence-corrected chi connectivity index (χ3v) is 3.81. The van der Waals surface area contributed by atoms with Crippen molar-refractivity contribution in [2.45, 2.75) is 19.3 Å². The zero-order valence-electron chi connectivity index (χ0n) is 14.8. The van der Waals surface area contributed by atoms with E-state index in [1.165, 1.54) is 6.07 Å². The normalized spacial score (nSPS) is 10.4. The maximum Gasteiger partial charge on any atom is 0.224 e. The molecule has 2 aromatic carbocycles. The van der Waals surface area contributed by atoms with E-state index < -0.39 is 0 Å². The minimum absolute atomic E-state index is 0.0799. The van der Waals surface area contributed by atoms with Crippen molar-refractivity contribution < 1.29 is 18.7 Å². The molecule has 2 aromatic rings. The van der Waals surface area contributed by atoms with Crippen molar-refractivity contribution in [1.82, 2.24) is 5.32 Å². The Morgan fingerprint density at radius 1 is 1.04 bits per heavy atom. The smallest absolute Gasteiger partial charge is 0.224 e. The lowest BCUT2D eigenvalue weighted by Gasteiger charge is -2.08. The van der Waals surface area contributed by atoms with Crippen LogP contribution in [0.1, 0.15) is 17.5 Å². The first-order valence-corrected chi connectivity index (χ1v) is 8.46. The molecule has 0 fully saturated rings. The van der Waals surface area contributed by atoms with Crippen LogP contribution in [-0.4, -0.2) is 32.1 Å². The predicted molar refractivity (Wildman–Crippen MR) is 98.4 cm³/mol. The molecule has 0 radical (unpaired) electrons. The Morgan fingerprint density at radius 3 is 2.46 bits per heavy atom. The van der Waals surface area contributed by atoms with E-state index in [9.17, 15) is 14.0 Å². The number of nitrogens with one attached hydrogen (secondary N) is 2. The lowest BCUT2D eigenvalue weighted by Crippen LogP contribution is -2.28. The average molecular weight is 358 g/mol. The molecule has 0 aliphatic heterocycles. The third-order valence-electron chi connectivity index (χ3n) is 3.81. The molecule has 26 heavy (non-hydrogen) atoms. The molecular weight excluding hydrogens is 335 g/mol. The number of benzene rings is 2. The van der Waals surface area contributed by atoms with Gasteiger partial charge in [-0.1, -0.05) is 30.3 Å². The van der Waals surface area contributed by atoms with Crippen LogP contribution in [0.2, 0.25) is 0 Å². The molecule has 0 aliphatic carbocycles. The lowest BCUT2D eigenvalue weighted by atomic mass is 10.1. The summed E-state index contributed by atoms with van der Waals surface area (Å²) < 4.78 is 18.4. The van der Waals surface area contributed by atoms with Gasteiger partial charge in [0, 0.05) is 25.8 Å². The van der Waals surface area contributed by atoms with Crippen LogP contribution < -0.4 is 10.6 Å². The largest absolute Gasteiger partial charge is 0.383 e. The molecule has 5 nitrogen and oxygen atoms in total. The summed E-state index contributed by atoms with van der Waals surface area (Å²) in [5.41, 5.74) is 2.02. The van der Waals surface area contributed by atoms with E-state index in [0.717, 1.165) is 5.56 Å². The molecule has 0 bridgehead atoms. The number of halogens is 1. The van der Waals surface area contributed by atoms with Gasteiger partial charge < -0.3 is 15.4 Å². The van der Waals surface area contributed by atoms with Gasteiger partial charge in [-0.05, 0) is 35.7 Å². The average Bonchev–Trinajstić information content (AvgIpc) is 2.63. The molecule has 0 saturated carbocycles. The van der Waals surface area contributed by atoms with Gasteiger partial charge in [-0.3, -0.25) is 9.59 Å². The van der Waals surface area contributed by atoms with Crippen LogP contribution in [0.5, 0.6) is 0 Å². The van der Waals surface area contributed by atoms with Crippen molar-refractivity contribution >= 4 is 17.5 Å². The fourth-order valence-corrected chi connectivity index (χ4v) is 2.42. The summed E-state index contributed by atoms with van der Waals surface area (Å²) in [5.74, 6) is -0.560. The number of anilines is 1. The fraction of sp³-hybridized carbons (Fsp3) is 0.300. The van der Waals surface area contributed by atoms with Crippen LogP contribution in [0.25, 0.3) is 0 Å². The van der Waals surface area contributed by atoms with Crippen molar-refractivity contribution in [3.63, 3.8) is 0 Å². The van der Waals surface area contributed by atoms with E-state index in [2.05, 4.69) is 10.6 Å². The number of carbonyl (C=O) groups is 2. The molecule has 138 valence electrons. The Hall–Kier alpha value is -2.73. The van der Waals surface area contributed by atoms with Crippen molar-refractivity contribution in [3.8, 4) is 0 Å². The quantitative estimate of drug-likeness (QED) is 0.677. The van der Waals surface area contributed by atoms with Gasteiger partial charge in [0.15, 0.2) is 0 Å². The van der Waals surface area contributed by atoms with Gasteiger partial charge in [-0.25, -0.2) is 4.39 Å². The van der Waals surface area contributed by atoms with Gasteiger partial charge in [-0.15, -0.1) is 0 Å². The van der Waals surface area contributed by atoms with Crippen LogP contribution in [0.3, 0.4) is 0 Å². The van der Waals surface area contributed by atoms with Gasteiger partial charge in [0.05, 0.1) is 13.0 Å². The summed E-state index contributed by atoms with van der Waals surface area (Å²) in [5, 5.41) is 5.53. The summed E-state index contributed by atoms with van der Waals surface area (Å²) in [6.45, 7) is 0.953. The van der Waals surface area contributed by atoms with Crippen molar-refractivity contribution in [2.75, 3.05) is 25.6 Å². The van der Waals surface area contributed by atoms with Crippen molar-refractivity contribution in [3.05, 3.63) is 65.5 Å². The highest BCUT2D eigenvalue weighted by Gasteiger charge is 2.07. The highest BCUT2D eigenvalue weighted by Crippen LogP contribution is 2.12. The molecule has 2 N–H and O–H groups in total. The van der Waals surface area contributed by atoms with Crippen LogP contribution in [0.15, 0.2) is 48.5 Å². The molecule has 2 amide bonds. The van der Waals surface area contributed by atoms with Gasteiger partial charge in [0.1, 0.15) is 5.82 Å². The molecule has 6 heteroatoms. The van der Waals surface area contributed by atoms with E-state index in [1.54, 1.807) is 49.6 Å². The Kier molecular flexibility index (Phi) is 7.76. The molecule has 0 saturated heterocycles. The van der Waals surface area contributed by atoms with Gasteiger partial charge in [0.2, 0.25) is 11.8 Å². The van der Waals surface area contributed by atoms with Gasteiger partial charge in [-0.2, -0.15) is 0 Å². The highest BCUT2D eigenvalue weighted by atomic mass is 19.1. The summed E-state index contributed by atoms with van der Waals surface area (Å²) >= 11 is 0. The molecule has 0 heterocycles. The van der Waals surface area contributed by atoms with Crippen molar-refractivity contribution in [2.24, 2.45) is 0 Å². The highest BCUT2D eigenvalue weighted by molar-refractivity contribution is 5.90. The second kappa shape index (κ2) is 10.3. The Bertz CT molecular complexity index is 732. The Labute approximate surface area is 152 Å². The fourth-order valence-electron chi connectivity index (χ4n) is 2.42. The van der Waals surface area contributed by atoms with E-state index in [0.29, 0.717) is 30.8 Å². The zero-order chi connectivity index (χ0) is 18.8. The van der Waals surface area contributed by atoms with E-state index in [-0.39, 0.29) is 30.5 Å². The summed E-state index contributed by atoms with van der Waals surface area (Å²) in [7, 11) is 1.58. The topological polar surface area (TPSA) is 67.4 Å². The number of aryl methyl sites for hydroxylation is 1. The molecule has 0 aromatic heterocycles. The third kappa shape index (κ3) is 6.64. The second-order valence-electron chi connectivity index (χ2n) is 5.86. The molecule has 2 rings (SSSR count). The number of carbonyl (C=O) groups excluding carboxylic acids is 2. The van der Waals surface area contributed by atoms with Crippen LogP contribution in [0.4, 0.5) is 10.1 Å². The second-order valence-corrected chi connectivity index (χ2v) is 5.86. The number of ether oxygens (including phenoxy) is 1. The number of hydrogen-bond acceptors (Lipinski definition) is 3. The number of amides is 2. The lowest BCUT2D eigenvalue weighted by molar-refractivity contribution is -0.120. The van der Waals surface area contributed by atoms with Crippen LogP contribution >= 0.6 is 0 Å². The number of rotatable bonds is 9. The predicted octanol–water partition coefficient (Wildman–Crippen LogP) is 2.70. The molecule has 0 atom stereocenters. The standard InChI is InChI=1S/C20H23FN2O3/c1-26-13-12-22-20(25)14-15-6-9-17(10-7-15)23-19(24)11-8-16-4-2-3-5-18(16)21/h2-7,9-10H,8,11-14H2,1H3,(H,22,25)(H,23,24). The molecular formula is C20H23FN2O3. The van der Waals surface area contributed by atoms with Crippen LogP contribution in [0, 0.1) is 5.82 Å². The summed E-state index contributed by atoms with van der Waals surface area (Å²) in [6, 6.07) is 13.5. The molecule has 0 spiro atoms. The number of hydrogen-bond donors (Lipinski definition) is 2. The first-order valence-electron chi connectivity index (χ1n) is 8.46. The number of methoxy groups -OCH3 is 1. The van der Waals surface area contributed by atoms with Crippen LogP contribution in [-0.2, 0) is 27.2 Å². The zero-order valence-corrected chi connectivity index (χ0v) is 14.8. The van der Waals surface area contributed by atoms with Crippen molar-refractivity contribution in [1.29, 1.82) is 0 Å². The first kappa shape index (κ1) is 19.6. The SMILES string of the molecule is COCCNC(=O)Cc1ccc(NC(=O)CCc2ccccc2F)cc1. The van der Waals surface area contributed by atoms with Gasteiger partial charge >= 0.3 is 0 Å². The minimum Gasteiger partial charge on any atom is -0.383 e. The maximum atomic E-state index is 13.5.